The van der Waals surface area contributed by atoms with Gasteiger partial charge in [-0.05, 0) is 39.7 Å². The van der Waals surface area contributed by atoms with Crippen LogP contribution in [0.2, 0.25) is 0 Å². The summed E-state index contributed by atoms with van der Waals surface area (Å²) in [6.07, 6.45) is 0.794. The molecule has 19 heavy (non-hydrogen) atoms. The average molecular weight is 263 g/mol. The van der Waals surface area contributed by atoms with Crippen molar-refractivity contribution in [2.45, 2.75) is 50.9 Å². The number of benzene rings is 1. The molecule has 3 N–H and O–H groups in total. The van der Waals surface area contributed by atoms with E-state index >= 15 is 0 Å². The van der Waals surface area contributed by atoms with Gasteiger partial charge in [-0.25, -0.2) is 0 Å². The van der Waals surface area contributed by atoms with Gasteiger partial charge >= 0.3 is 0 Å². The predicted octanol–water partition coefficient (Wildman–Crippen LogP) is 2.43. The molecular formula is C16H25NO2. The Labute approximate surface area is 115 Å². The lowest BCUT2D eigenvalue weighted by molar-refractivity contribution is -0.113. The highest BCUT2D eigenvalue weighted by molar-refractivity contribution is 5.26. The van der Waals surface area contributed by atoms with Gasteiger partial charge in [0.05, 0.1) is 11.2 Å². The van der Waals surface area contributed by atoms with Gasteiger partial charge in [0.2, 0.25) is 0 Å². The third-order valence-electron chi connectivity index (χ3n) is 4.24. The van der Waals surface area contributed by atoms with Gasteiger partial charge in [-0.15, -0.1) is 0 Å². The monoisotopic (exact) mass is 263 g/mol. The standard InChI is InChI=1S/C16H25NO2/c1-14(2)10-13(15(3,4)19-14)16(18,11-17)12-8-6-5-7-9-12/h5-9,13,18H,10-11,17H2,1-4H3. The van der Waals surface area contributed by atoms with Crippen LogP contribution in [0.15, 0.2) is 30.3 Å². The molecular weight excluding hydrogens is 238 g/mol. The molecule has 0 aliphatic carbocycles. The first-order valence-electron chi connectivity index (χ1n) is 6.89. The zero-order valence-electron chi connectivity index (χ0n) is 12.3. The number of hydrogen-bond acceptors (Lipinski definition) is 3. The first-order chi connectivity index (χ1) is 8.71. The normalized spacial score (nSPS) is 28.0. The molecule has 1 aromatic carbocycles. The Morgan fingerprint density at radius 3 is 2.26 bits per heavy atom. The van der Waals surface area contributed by atoms with Crippen LogP contribution in [-0.2, 0) is 10.3 Å². The molecule has 0 amide bonds. The number of aliphatic hydroxyl groups is 1. The van der Waals surface area contributed by atoms with Crippen molar-refractivity contribution in [3.63, 3.8) is 0 Å². The molecule has 1 heterocycles. The van der Waals surface area contributed by atoms with E-state index in [0.29, 0.717) is 0 Å². The van der Waals surface area contributed by atoms with Crippen molar-refractivity contribution in [1.82, 2.24) is 0 Å². The first-order valence-corrected chi connectivity index (χ1v) is 6.89. The quantitative estimate of drug-likeness (QED) is 0.880. The smallest absolute Gasteiger partial charge is 0.107 e. The Kier molecular flexibility index (Phi) is 3.50. The lowest BCUT2D eigenvalue weighted by atomic mass is 9.71. The van der Waals surface area contributed by atoms with Crippen molar-refractivity contribution < 1.29 is 9.84 Å². The van der Waals surface area contributed by atoms with Crippen molar-refractivity contribution in [3.05, 3.63) is 35.9 Å². The third kappa shape index (κ3) is 2.55. The summed E-state index contributed by atoms with van der Waals surface area (Å²) in [7, 11) is 0. The molecule has 2 rings (SSSR count). The van der Waals surface area contributed by atoms with Crippen molar-refractivity contribution in [2.75, 3.05) is 6.54 Å². The Morgan fingerprint density at radius 2 is 1.84 bits per heavy atom. The van der Waals surface area contributed by atoms with Gasteiger partial charge in [-0.3, -0.25) is 0 Å². The summed E-state index contributed by atoms with van der Waals surface area (Å²) in [5.41, 5.74) is 5.13. The van der Waals surface area contributed by atoms with Crippen LogP contribution in [0, 0.1) is 5.92 Å². The van der Waals surface area contributed by atoms with Crippen molar-refractivity contribution >= 4 is 0 Å². The molecule has 0 radical (unpaired) electrons. The Morgan fingerprint density at radius 1 is 1.26 bits per heavy atom. The summed E-state index contributed by atoms with van der Waals surface area (Å²) >= 11 is 0. The zero-order chi connectivity index (χ0) is 14.3. The molecule has 1 aromatic rings. The second-order valence-corrected chi connectivity index (χ2v) is 6.72. The topological polar surface area (TPSA) is 55.5 Å². The summed E-state index contributed by atoms with van der Waals surface area (Å²) in [5, 5.41) is 11.2. The Balaban J connectivity index is 2.42. The number of hydrogen-bond donors (Lipinski definition) is 2. The van der Waals surface area contributed by atoms with Crippen LogP contribution in [0.1, 0.15) is 39.7 Å². The van der Waals surface area contributed by atoms with E-state index in [2.05, 4.69) is 13.8 Å². The van der Waals surface area contributed by atoms with E-state index in [1.165, 1.54) is 0 Å². The number of ether oxygens (including phenoxy) is 1. The van der Waals surface area contributed by atoms with Gasteiger partial charge in [0, 0.05) is 12.5 Å². The summed E-state index contributed by atoms with van der Waals surface area (Å²) in [6, 6.07) is 9.69. The fourth-order valence-electron chi connectivity index (χ4n) is 3.49. The lowest BCUT2D eigenvalue weighted by Crippen LogP contribution is -2.49. The molecule has 0 aromatic heterocycles. The van der Waals surface area contributed by atoms with Crippen LogP contribution in [0.25, 0.3) is 0 Å². The maximum atomic E-state index is 11.2. The highest BCUT2D eigenvalue weighted by Crippen LogP contribution is 2.49. The van der Waals surface area contributed by atoms with E-state index in [0.717, 1.165) is 12.0 Å². The highest BCUT2D eigenvalue weighted by Gasteiger charge is 2.55. The largest absolute Gasteiger partial charge is 0.383 e. The minimum absolute atomic E-state index is 0.0256. The third-order valence-corrected chi connectivity index (χ3v) is 4.24. The second-order valence-electron chi connectivity index (χ2n) is 6.72. The molecule has 1 aliphatic heterocycles. The van der Waals surface area contributed by atoms with Crippen LogP contribution < -0.4 is 5.73 Å². The summed E-state index contributed by atoms with van der Waals surface area (Å²) in [6.45, 7) is 8.41. The average Bonchev–Trinajstić information content (AvgIpc) is 2.58. The zero-order valence-corrected chi connectivity index (χ0v) is 12.3. The van der Waals surface area contributed by atoms with Gasteiger partial charge in [0.1, 0.15) is 5.60 Å². The molecule has 3 nitrogen and oxygen atoms in total. The molecule has 106 valence electrons. The maximum Gasteiger partial charge on any atom is 0.107 e. The first kappa shape index (κ1) is 14.5. The van der Waals surface area contributed by atoms with Gasteiger partial charge < -0.3 is 15.6 Å². The molecule has 1 saturated heterocycles. The SMILES string of the molecule is CC1(C)CC(C(O)(CN)c2ccccc2)C(C)(C)O1. The maximum absolute atomic E-state index is 11.2. The van der Waals surface area contributed by atoms with Crippen LogP contribution in [0.3, 0.4) is 0 Å². The van der Waals surface area contributed by atoms with E-state index < -0.39 is 11.2 Å². The second kappa shape index (κ2) is 4.58. The van der Waals surface area contributed by atoms with Crippen LogP contribution >= 0.6 is 0 Å². The van der Waals surface area contributed by atoms with Crippen LogP contribution in [-0.4, -0.2) is 22.9 Å². The summed E-state index contributed by atoms with van der Waals surface area (Å²) < 4.78 is 6.10. The predicted molar refractivity (Wildman–Crippen MR) is 76.7 cm³/mol. The van der Waals surface area contributed by atoms with E-state index in [1.807, 2.05) is 44.2 Å². The van der Waals surface area contributed by atoms with Crippen LogP contribution in [0.5, 0.6) is 0 Å². The minimum Gasteiger partial charge on any atom is -0.383 e. The summed E-state index contributed by atoms with van der Waals surface area (Å²) in [4.78, 5) is 0. The molecule has 0 bridgehead atoms. The molecule has 2 unspecified atom stereocenters. The van der Waals surface area contributed by atoms with E-state index in [4.69, 9.17) is 10.5 Å². The van der Waals surface area contributed by atoms with E-state index in [1.54, 1.807) is 0 Å². The van der Waals surface area contributed by atoms with E-state index in [-0.39, 0.29) is 18.1 Å². The van der Waals surface area contributed by atoms with Gasteiger partial charge in [0.25, 0.3) is 0 Å². The Bertz CT molecular complexity index is 441. The summed E-state index contributed by atoms with van der Waals surface area (Å²) in [5.74, 6) is -0.0256. The van der Waals surface area contributed by atoms with Crippen molar-refractivity contribution in [1.29, 1.82) is 0 Å². The molecule has 0 spiro atoms. The van der Waals surface area contributed by atoms with Crippen molar-refractivity contribution in [2.24, 2.45) is 11.7 Å². The van der Waals surface area contributed by atoms with Gasteiger partial charge in [-0.1, -0.05) is 30.3 Å². The lowest BCUT2D eigenvalue weighted by Gasteiger charge is -2.39. The van der Waals surface area contributed by atoms with Crippen molar-refractivity contribution in [3.8, 4) is 0 Å². The molecule has 3 heteroatoms. The molecule has 1 aliphatic rings. The van der Waals surface area contributed by atoms with Gasteiger partial charge in [-0.2, -0.15) is 0 Å². The van der Waals surface area contributed by atoms with Gasteiger partial charge in [0.15, 0.2) is 0 Å². The fourth-order valence-corrected chi connectivity index (χ4v) is 3.49. The number of nitrogens with two attached hydrogens (primary N) is 1. The highest BCUT2D eigenvalue weighted by atomic mass is 16.5. The van der Waals surface area contributed by atoms with E-state index in [9.17, 15) is 5.11 Å². The minimum atomic E-state index is -1.04. The molecule has 1 fully saturated rings. The Hall–Kier alpha value is -0.900. The number of rotatable bonds is 3. The fraction of sp³-hybridized carbons (Fsp3) is 0.625. The molecule has 0 saturated carbocycles. The molecule has 2 atom stereocenters. The van der Waals surface area contributed by atoms with Crippen LogP contribution in [0.4, 0.5) is 0 Å².